The summed E-state index contributed by atoms with van der Waals surface area (Å²) in [5.41, 5.74) is -0.529. The molecule has 2 saturated heterocycles. The van der Waals surface area contributed by atoms with Crippen molar-refractivity contribution < 1.29 is 33.8 Å². The van der Waals surface area contributed by atoms with E-state index in [1.54, 1.807) is 4.90 Å². The molecule has 0 aromatic heterocycles. The second-order valence-electron chi connectivity index (χ2n) is 12.9. The topological polar surface area (TPSA) is 125 Å². The van der Waals surface area contributed by atoms with Gasteiger partial charge in [0.1, 0.15) is 23.7 Å². The fourth-order valence-electron chi connectivity index (χ4n) is 7.93. The van der Waals surface area contributed by atoms with Gasteiger partial charge in [-0.15, -0.1) is 0 Å². The third-order valence-corrected chi connectivity index (χ3v) is 10.2. The molecule has 4 heterocycles. The lowest BCUT2D eigenvalue weighted by molar-refractivity contribution is -0.160. The van der Waals surface area contributed by atoms with Crippen LogP contribution in [-0.2, 0) is 28.7 Å². The molecular formula is C35H45N3O7. The van der Waals surface area contributed by atoms with Crippen LogP contribution in [0.25, 0.3) is 0 Å². The Labute approximate surface area is 264 Å². The van der Waals surface area contributed by atoms with Crippen LogP contribution in [0.4, 0.5) is 0 Å². The minimum atomic E-state index is -1.26. The van der Waals surface area contributed by atoms with Gasteiger partial charge < -0.3 is 29.7 Å². The van der Waals surface area contributed by atoms with E-state index in [1.807, 2.05) is 59.5 Å². The molecule has 6 atom stereocenters. The summed E-state index contributed by atoms with van der Waals surface area (Å²) >= 11 is 0. The molecule has 1 spiro atoms. The van der Waals surface area contributed by atoms with Crippen molar-refractivity contribution in [2.24, 2.45) is 11.8 Å². The van der Waals surface area contributed by atoms with Crippen LogP contribution in [0.5, 0.6) is 0 Å². The first-order valence-electron chi connectivity index (χ1n) is 16.7. The van der Waals surface area contributed by atoms with E-state index in [2.05, 4.69) is 5.32 Å². The van der Waals surface area contributed by atoms with Crippen LogP contribution in [0.1, 0.15) is 75.9 Å². The van der Waals surface area contributed by atoms with Crippen molar-refractivity contribution in [2.75, 3.05) is 26.2 Å². The number of ether oxygens (including phenoxy) is 2. The molecule has 242 valence electrons. The zero-order valence-corrected chi connectivity index (χ0v) is 25.9. The molecule has 1 aliphatic carbocycles. The van der Waals surface area contributed by atoms with Crippen LogP contribution in [-0.4, -0.2) is 88.6 Å². The van der Waals surface area contributed by atoms with Gasteiger partial charge in [-0.1, -0.05) is 73.9 Å². The number of fused-ring (bicyclic) bond motifs is 2. The van der Waals surface area contributed by atoms with Crippen LogP contribution in [0, 0.1) is 11.8 Å². The van der Waals surface area contributed by atoms with Crippen molar-refractivity contribution in [1.29, 1.82) is 0 Å². The van der Waals surface area contributed by atoms with Gasteiger partial charge in [-0.2, -0.15) is 0 Å². The fourth-order valence-corrected chi connectivity index (χ4v) is 7.93. The third kappa shape index (κ3) is 6.19. The van der Waals surface area contributed by atoms with E-state index in [0.29, 0.717) is 38.8 Å². The van der Waals surface area contributed by atoms with Gasteiger partial charge in [-0.05, 0) is 44.1 Å². The summed E-state index contributed by atoms with van der Waals surface area (Å²) in [6.45, 7) is 0.882. The number of amides is 3. The average molecular weight is 620 g/mol. The molecule has 5 aliphatic rings. The Morgan fingerprint density at radius 1 is 0.956 bits per heavy atom. The van der Waals surface area contributed by atoms with E-state index < -0.39 is 41.7 Å². The minimum Gasteiger partial charge on any atom is -0.455 e. The first-order valence-corrected chi connectivity index (χ1v) is 16.7. The molecule has 1 aromatic rings. The molecule has 3 amide bonds. The van der Waals surface area contributed by atoms with Gasteiger partial charge in [0.2, 0.25) is 17.7 Å². The number of hydrogen-bond donors (Lipinski definition) is 2. The van der Waals surface area contributed by atoms with Gasteiger partial charge in [0.15, 0.2) is 0 Å². The molecule has 4 aliphatic heterocycles. The van der Waals surface area contributed by atoms with Gasteiger partial charge in [-0.25, -0.2) is 0 Å². The Bertz CT molecular complexity index is 1310. The summed E-state index contributed by atoms with van der Waals surface area (Å²) in [5, 5.41) is 12.3. The monoisotopic (exact) mass is 619 g/mol. The smallest absolute Gasteiger partial charge is 0.313 e. The zero-order valence-electron chi connectivity index (χ0n) is 25.9. The molecule has 1 saturated carbocycles. The highest BCUT2D eigenvalue weighted by atomic mass is 16.6. The van der Waals surface area contributed by atoms with Crippen LogP contribution in [0.2, 0.25) is 0 Å². The van der Waals surface area contributed by atoms with Gasteiger partial charge in [0.25, 0.3) is 0 Å². The number of likely N-dealkylation sites (tertiary alicyclic amines) is 1. The number of aliphatic hydroxyl groups excluding tert-OH is 1. The first-order chi connectivity index (χ1) is 21.9. The van der Waals surface area contributed by atoms with E-state index >= 15 is 0 Å². The van der Waals surface area contributed by atoms with Gasteiger partial charge in [-0.3, -0.25) is 19.2 Å². The van der Waals surface area contributed by atoms with E-state index in [0.717, 1.165) is 37.7 Å². The fraction of sp³-hybridized carbons (Fsp3) is 0.600. The number of esters is 1. The molecule has 0 radical (unpaired) electrons. The Morgan fingerprint density at radius 2 is 1.76 bits per heavy atom. The molecule has 3 fully saturated rings. The predicted molar refractivity (Wildman–Crippen MR) is 165 cm³/mol. The lowest BCUT2D eigenvalue weighted by Crippen LogP contribution is -2.58. The van der Waals surface area contributed by atoms with Gasteiger partial charge in [0.05, 0.1) is 18.6 Å². The van der Waals surface area contributed by atoms with E-state index in [9.17, 15) is 24.3 Å². The number of hydrogen-bond acceptors (Lipinski definition) is 7. The molecule has 5 bridgehead atoms. The van der Waals surface area contributed by atoms with Crippen LogP contribution >= 0.6 is 0 Å². The van der Waals surface area contributed by atoms with Crippen molar-refractivity contribution in [3.05, 3.63) is 60.2 Å². The van der Waals surface area contributed by atoms with Crippen molar-refractivity contribution in [1.82, 2.24) is 15.1 Å². The third-order valence-electron chi connectivity index (χ3n) is 10.2. The molecule has 6 rings (SSSR count). The van der Waals surface area contributed by atoms with E-state index in [1.165, 1.54) is 0 Å². The summed E-state index contributed by atoms with van der Waals surface area (Å²) < 4.78 is 12.7. The molecule has 10 heteroatoms. The molecule has 45 heavy (non-hydrogen) atoms. The highest BCUT2D eigenvalue weighted by Gasteiger charge is 2.73. The predicted octanol–water partition coefficient (Wildman–Crippen LogP) is 3.21. The summed E-state index contributed by atoms with van der Waals surface area (Å²) in [7, 11) is 0. The number of nitrogens with zero attached hydrogens (tertiary/aromatic N) is 2. The van der Waals surface area contributed by atoms with Crippen molar-refractivity contribution in [3.8, 4) is 0 Å². The van der Waals surface area contributed by atoms with Crippen molar-refractivity contribution in [2.45, 2.75) is 94.1 Å². The number of allylic oxidation sites excluding steroid dienone is 1. The normalized spacial score (nSPS) is 33.3. The number of carbonyl (C=O) groups excluding carboxylic acids is 4. The first kappa shape index (κ1) is 31.5. The second-order valence-corrected chi connectivity index (χ2v) is 12.9. The maximum absolute atomic E-state index is 14.8. The molecule has 1 aromatic carbocycles. The highest BCUT2D eigenvalue weighted by Crippen LogP contribution is 2.56. The lowest BCUT2D eigenvalue weighted by atomic mass is 9.74. The summed E-state index contributed by atoms with van der Waals surface area (Å²) in [6, 6.07) is 8.39. The molecular weight excluding hydrogens is 574 g/mol. The molecule has 2 N–H and O–H groups in total. The van der Waals surface area contributed by atoms with Gasteiger partial charge >= 0.3 is 5.97 Å². The summed E-state index contributed by atoms with van der Waals surface area (Å²) in [4.78, 5) is 59.5. The maximum Gasteiger partial charge on any atom is 0.313 e. The van der Waals surface area contributed by atoms with Crippen LogP contribution < -0.4 is 5.32 Å². The quantitative estimate of drug-likeness (QED) is 0.273. The second kappa shape index (κ2) is 13.9. The number of benzene rings is 1. The maximum atomic E-state index is 14.8. The van der Waals surface area contributed by atoms with Crippen molar-refractivity contribution in [3.63, 3.8) is 0 Å². The number of cyclic esters (lactones) is 1. The van der Waals surface area contributed by atoms with Gasteiger partial charge in [0, 0.05) is 32.2 Å². The summed E-state index contributed by atoms with van der Waals surface area (Å²) in [5.74, 6) is -2.96. The molecule has 0 unspecified atom stereocenters. The molecule has 10 nitrogen and oxygen atoms in total. The Kier molecular flexibility index (Phi) is 9.70. The number of aliphatic hydroxyl groups is 1. The minimum absolute atomic E-state index is 0.0399. The standard InChI is InChI=1S/C35H45N3O7/c39-22-12-4-11-21-38-31-33(42)37(25-15-7-2-8-16-25)20-10-3-9-17-28(40)36-23-27(24-13-5-1-6-14-24)44-34(43)29-26-18-19-35(31,45-26)30(29)32(38)41/h1,3,5-6,10,13-14,18-19,25-27,29-31,39H,2,4,7-9,11-12,15-17,20-23H2,(H,36,40)/b10-3-/t26-,27-,29+,30+,31-,35+/m0/s1. The zero-order chi connectivity index (χ0) is 31.4. The summed E-state index contributed by atoms with van der Waals surface area (Å²) in [6.07, 6.45) is 13.8. The van der Waals surface area contributed by atoms with Crippen LogP contribution in [0.15, 0.2) is 54.6 Å². The Morgan fingerprint density at radius 3 is 2.53 bits per heavy atom. The van der Waals surface area contributed by atoms with E-state index in [4.69, 9.17) is 9.47 Å². The van der Waals surface area contributed by atoms with Crippen molar-refractivity contribution >= 4 is 23.7 Å². The largest absolute Gasteiger partial charge is 0.455 e. The highest BCUT2D eigenvalue weighted by molar-refractivity contribution is 5.99. The number of rotatable bonds is 7. The Balaban J connectivity index is 1.38. The Hall–Kier alpha value is -3.50. The number of nitrogens with one attached hydrogen (secondary N) is 1. The number of carbonyl (C=O) groups is 4. The SMILES string of the molecule is O=C1CC/C=C\CN(C2CCCCC2)C(=O)[C@@H]2N(CCCCCO)C(=O)[C@H]3[C@H](C(=O)O[C@H](c4ccccc4)CN1)[C@@H]1C=C[C@]23O1. The average Bonchev–Trinajstić information content (AvgIpc) is 3.70. The number of unbranched alkanes of at least 4 members (excludes halogenated alkanes) is 2. The van der Waals surface area contributed by atoms with Crippen LogP contribution in [0.3, 0.4) is 0 Å². The lowest BCUT2D eigenvalue weighted by Gasteiger charge is -2.40. The van der Waals surface area contributed by atoms with E-state index in [-0.39, 0.29) is 43.3 Å².